The lowest BCUT2D eigenvalue weighted by Crippen LogP contribution is -2.49. The lowest BCUT2D eigenvalue weighted by Gasteiger charge is -2.35. The van der Waals surface area contributed by atoms with E-state index < -0.39 is 0 Å². The van der Waals surface area contributed by atoms with Crippen LogP contribution in [0.3, 0.4) is 0 Å². The Hall–Kier alpha value is -2.38. The summed E-state index contributed by atoms with van der Waals surface area (Å²) >= 11 is 0. The van der Waals surface area contributed by atoms with Gasteiger partial charge in [0.05, 0.1) is 6.61 Å². The summed E-state index contributed by atoms with van der Waals surface area (Å²) in [6.07, 6.45) is 1.94. The van der Waals surface area contributed by atoms with Crippen molar-refractivity contribution >= 4 is 17.8 Å². The maximum Gasteiger partial charge on any atom is 0.409 e. The van der Waals surface area contributed by atoms with E-state index in [1.54, 1.807) is 17.9 Å². The van der Waals surface area contributed by atoms with Crippen molar-refractivity contribution in [2.75, 3.05) is 50.8 Å². The lowest BCUT2D eigenvalue weighted by atomic mass is 10.00. The van der Waals surface area contributed by atoms with Gasteiger partial charge in [-0.3, -0.25) is 4.79 Å². The van der Waals surface area contributed by atoms with Gasteiger partial charge in [-0.25, -0.2) is 14.8 Å². The van der Waals surface area contributed by atoms with E-state index in [1.807, 2.05) is 11.8 Å². The molecule has 0 radical (unpaired) electrons. The van der Waals surface area contributed by atoms with Gasteiger partial charge >= 0.3 is 6.09 Å². The molecule has 27 heavy (non-hydrogen) atoms. The van der Waals surface area contributed by atoms with E-state index >= 15 is 0 Å². The van der Waals surface area contributed by atoms with Crippen LogP contribution in [0.1, 0.15) is 43.0 Å². The zero-order valence-electron chi connectivity index (χ0n) is 16.5. The highest BCUT2D eigenvalue weighted by Crippen LogP contribution is 2.20. The molecule has 1 atom stereocenters. The first-order chi connectivity index (χ1) is 13.0. The second-order valence-corrected chi connectivity index (χ2v) is 7.33. The molecular weight excluding hydrogens is 346 g/mol. The van der Waals surface area contributed by atoms with Gasteiger partial charge in [0, 0.05) is 45.3 Å². The third kappa shape index (κ3) is 4.67. The molecule has 8 heteroatoms. The number of likely N-dealkylation sites (tertiary alicyclic amines) is 1. The lowest BCUT2D eigenvalue weighted by molar-refractivity contribution is 0.0676. The molecule has 0 aliphatic carbocycles. The number of hydrogen-bond acceptors (Lipinski definition) is 6. The van der Waals surface area contributed by atoms with Gasteiger partial charge in [0.25, 0.3) is 5.91 Å². The predicted molar refractivity (Wildman–Crippen MR) is 102 cm³/mol. The quantitative estimate of drug-likeness (QED) is 0.803. The van der Waals surface area contributed by atoms with Crippen molar-refractivity contribution < 1.29 is 14.3 Å². The van der Waals surface area contributed by atoms with Crippen LogP contribution in [0.2, 0.25) is 0 Å². The number of ether oxygens (including phenoxy) is 1. The summed E-state index contributed by atoms with van der Waals surface area (Å²) in [5.41, 5.74) is 0.458. The number of hydrogen-bond donors (Lipinski definition) is 0. The number of anilines is 1. The molecular formula is C19H29N5O3. The van der Waals surface area contributed by atoms with Gasteiger partial charge in [-0.2, -0.15) is 0 Å². The molecule has 3 heterocycles. The van der Waals surface area contributed by atoms with Crippen LogP contribution in [-0.4, -0.2) is 77.6 Å². The third-order valence-electron chi connectivity index (χ3n) is 5.12. The van der Waals surface area contributed by atoms with Gasteiger partial charge in [0.15, 0.2) is 0 Å². The number of piperazine rings is 1. The predicted octanol–water partition coefficient (Wildman–Crippen LogP) is 1.94. The van der Waals surface area contributed by atoms with Crippen LogP contribution in [0.25, 0.3) is 0 Å². The highest BCUT2D eigenvalue weighted by atomic mass is 16.6. The summed E-state index contributed by atoms with van der Waals surface area (Å²) in [5.74, 6) is 1.85. The highest BCUT2D eigenvalue weighted by molar-refractivity contribution is 5.93. The van der Waals surface area contributed by atoms with Crippen molar-refractivity contribution in [3.63, 3.8) is 0 Å². The van der Waals surface area contributed by atoms with Gasteiger partial charge in [-0.05, 0) is 32.6 Å². The summed E-state index contributed by atoms with van der Waals surface area (Å²) in [6, 6.07) is 1.79. The van der Waals surface area contributed by atoms with Crippen LogP contribution < -0.4 is 4.90 Å². The number of piperidine rings is 1. The SMILES string of the molecule is CCOC(=O)N1CCN(c2cc(C(=O)N3CCCC(C)C3)nc(C)n2)CC1. The smallest absolute Gasteiger partial charge is 0.409 e. The highest BCUT2D eigenvalue weighted by Gasteiger charge is 2.26. The zero-order valence-corrected chi connectivity index (χ0v) is 16.5. The summed E-state index contributed by atoms with van der Waals surface area (Å²) in [5, 5.41) is 0. The molecule has 1 unspecified atom stereocenters. The molecule has 2 aliphatic rings. The van der Waals surface area contributed by atoms with Crippen LogP contribution in [-0.2, 0) is 4.74 Å². The van der Waals surface area contributed by atoms with Crippen LogP contribution >= 0.6 is 0 Å². The fourth-order valence-electron chi connectivity index (χ4n) is 3.69. The molecule has 1 aromatic rings. The van der Waals surface area contributed by atoms with Crippen molar-refractivity contribution in [2.24, 2.45) is 5.92 Å². The zero-order chi connectivity index (χ0) is 19.4. The van der Waals surface area contributed by atoms with Crippen molar-refractivity contribution in [1.29, 1.82) is 0 Å². The Bertz CT molecular complexity index is 688. The number of rotatable bonds is 3. The standard InChI is InChI=1S/C19H29N5O3/c1-4-27-19(26)23-10-8-22(9-11-23)17-12-16(20-15(3)21-17)18(25)24-7-5-6-14(2)13-24/h12,14H,4-11,13H2,1-3H3. The van der Waals surface area contributed by atoms with E-state index in [0.29, 0.717) is 50.2 Å². The van der Waals surface area contributed by atoms with Crippen LogP contribution in [0.4, 0.5) is 10.6 Å². The average molecular weight is 375 g/mol. The fourth-order valence-corrected chi connectivity index (χ4v) is 3.69. The maximum atomic E-state index is 12.9. The Morgan fingerprint density at radius 2 is 1.89 bits per heavy atom. The normalized spacial score (nSPS) is 20.6. The average Bonchev–Trinajstić information content (AvgIpc) is 2.67. The summed E-state index contributed by atoms with van der Waals surface area (Å²) < 4.78 is 5.06. The first kappa shape index (κ1) is 19.4. The topological polar surface area (TPSA) is 78.9 Å². The minimum absolute atomic E-state index is 0.0153. The van der Waals surface area contributed by atoms with E-state index in [0.717, 1.165) is 25.3 Å². The van der Waals surface area contributed by atoms with Crippen LogP contribution in [0, 0.1) is 12.8 Å². The molecule has 0 spiro atoms. The molecule has 0 bridgehead atoms. The van der Waals surface area contributed by atoms with Crippen LogP contribution in [0.5, 0.6) is 0 Å². The molecule has 2 fully saturated rings. The number of amides is 2. The van der Waals surface area contributed by atoms with Gasteiger partial charge in [-0.15, -0.1) is 0 Å². The minimum Gasteiger partial charge on any atom is -0.450 e. The van der Waals surface area contributed by atoms with Crippen molar-refractivity contribution in [2.45, 2.75) is 33.6 Å². The second kappa shape index (κ2) is 8.54. The van der Waals surface area contributed by atoms with E-state index in [4.69, 9.17) is 4.74 Å². The van der Waals surface area contributed by atoms with E-state index in [2.05, 4.69) is 21.8 Å². The van der Waals surface area contributed by atoms with Gasteiger partial charge in [-0.1, -0.05) is 6.92 Å². The number of aromatic nitrogens is 2. The first-order valence-corrected chi connectivity index (χ1v) is 9.79. The molecule has 0 aromatic carbocycles. The molecule has 2 amide bonds. The van der Waals surface area contributed by atoms with Crippen molar-refractivity contribution in [3.8, 4) is 0 Å². The molecule has 2 saturated heterocycles. The Morgan fingerprint density at radius 3 is 2.56 bits per heavy atom. The molecule has 1 aromatic heterocycles. The van der Waals surface area contributed by atoms with E-state index in [9.17, 15) is 9.59 Å². The monoisotopic (exact) mass is 375 g/mol. The molecule has 2 aliphatic heterocycles. The van der Waals surface area contributed by atoms with Crippen molar-refractivity contribution in [3.05, 3.63) is 17.6 Å². The summed E-state index contributed by atoms with van der Waals surface area (Å²) in [4.78, 5) is 39.3. The summed E-state index contributed by atoms with van der Waals surface area (Å²) in [7, 11) is 0. The van der Waals surface area contributed by atoms with Crippen molar-refractivity contribution in [1.82, 2.24) is 19.8 Å². The fraction of sp³-hybridized carbons (Fsp3) is 0.684. The van der Waals surface area contributed by atoms with Gasteiger partial charge in [0.2, 0.25) is 0 Å². The first-order valence-electron chi connectivity index (χ1n) is 9.79. The molecule has 3 rings (SSSR count). The number of nitrogens with zero attached hydrogens (tertiary/aromatic N) is 5. The maximum absolute atomic E-state index is 12.9. The Labute approximate surface area is 160 Å². The Morgan fingerprint density at radius 1 is 1.15 bits per heavy atom. The second-order valence-electron chi connectivity index (χ2n) is 7.33. The molecule has 0 N–H and O–H groups in total. The molecule has 8 nitrogen and oxygen atoms in total. The van der Waals surface area contributed by atoms with Crippen LogP contribution in [0.15, 0.2) is 6.07 Å². The number of carbonyl (C=O) groups is 2. The van der Waals surface area contributed by atoms with Gasteiger partial charge in [0.1, 0.15) is 17.3 Å². The molecule has 148 valence electrons. The molecule has 0 saturated carbocycles. The summed E-state index contributed by atoms with van der Waals surface area (Å²) in [6.45, 7) is 10.2. The van der Waals surface area contributed by atoms with E-state index in [-0.39, 0.29) is 12.0 Å². The third-order valence-corrected chi connectivity index (χ3v) is 5.12. The van der Waals surface area contributed by atoms with E-state index in [1.165, 1.54) is 6.42 Å². The Balaban J connectivity index is 1.69. The van der Waals surface area contributed by atoms with Gasteiger partial charge < -0.3 is 19.4 Å². The number of carbonyl (C=O) groups excluding carboxylic acids is 2. The Kier molecular flexibility index (Phi) is 6.13. The number of aryl methyl sites for hydroxylation is 1. The minimum atomic E-state index is -0.272. The largest absolute Gasteiger partial charge is 0.450 e.